The van der Waals surface area contributed by atoms with E-state index in [4.69, 9.17) is 9.57 Å². The van der Waals surface area contributed by atoms with E-state index in [1.165, 1.54) is 44.3 Å². The molecule has 3 heterocycles. The number of thioether (sulfide) groups is 1. The molecule has 4 rings (SSSR count). The Hall–Kier alpha value is -3.09. The third kappa shape index (κ3) is 3.91. The molecule has 0 N–H and O–H groups in total. The second-order valence-electron chi connectivity index (χ2n) is 8.04. The van der Waals surface area contributed by atoms with Crippen molar-refractivity contribution in [2.75, 3.05) is 20.4 Å². The lowest BCUT2D eigenvalue weighted by atomic mass is 10.2. The molecule has 1 amide bonds. The van der Waals surface area contributed by atoms with E-state index in [0.29, 0.717) is 21.5 Å². The molecular weight excluding hydrogens is 478 g/mol. The Morgan fingerprint density at radius 2 is 1.97 bits per heavy atom. The van der Waals surface area contributed by atoms with Crippen LogP contribution in [-0.4, -0.2) is 50.3 Å². The molecule has 0 saturated carbocycles. The Kier molecular flexibility index (Phi) is 6.56. The molecule has 0 unspecified atom stereocenters. The highest BCUT2D eigenvalue weighted by Crippen LogP contribution is 2.42. The summed E-state index contributed by atoms with van der Waals surface area (Å²) in [5, 5.41) is 2.21. The molecule has 10 nitrogen and oxygen atoms in total. The number of nitrogens with zero attached hydrogens (tertiary/aromatic N) is 5. The minimum atomic E-state index is -0.803. The number of carbonyl (C=O) groups excluding carboxylic acids is 1. The summed E-state index contributed by atoms with van der Waals surface area (Å²) in [5.41, 5.74) is 0.570. The highest BCUT2D eigenvalue weighted by molar-refractivity contribution is 7.98. The first-order chi connectivity index (χ1) is 16.2. The minimum Gasteiger partial charge on any atom is -0.405 e. The smallest absolute Gasteiger partial charge is 0.405 e. The SMILES string of the molecule is CON(C)C(=O)Oc1c(-n2c(SC)nc3ccccc32)sc2c1c(=O)n(C)c(=O)n2CC(C)C. The number of hydroxylamine groups is 2. The zero-order valence-corrected chi connectivity index (χ0v) is 21.3. The van der Waals surface area contributed by atoms with Crippen LogP contribution in [0.2, 0.25) is 0 Å². The number of hydrogen-bond donors (Lipinski definition) is 0. The lowest BCUT2D eigenvalue weighted by molar-refractivity contribution is -0.0789. The van der Waals surface area contributed by atoms with E-state index in [-0.39, 0.29) is 17.1 Å². The van der Waals surface area contributed by atoms with Crippen molar-refractivity contribution >= 4 is 50.4 Å². The first kappa shape index (κ1) is 24.0. The van der Waals surface area contributed by atoms with E-state index < -0.39 is 17.3 Å². The van der Waals surface area contributed by atoms with Crippen LogP contribution < -0.4 is 16.0 Å². The summed E-state index contributed by atoms with van der Waals surface area (Å²) < 4.78 is 10.2. The van der Waals surface area contributed by atoms with Gasteiger partial charge in [-0.15, -0.1) is 0 Å². The van der Waals surface area contributed by atoms with Crippen LogP contribution in [-0.2, 0) is 18.4 Å². The van der Waals surface area contributed by atoms with Gasteiger partial charge in [0, 0.05) is 20.6 Å². The summed E-state index contributed by atoms with van der Waals surface area (Å²) in [7, 11) is 4.16. The molecule has 1 aromatic carbocycles. The van der Waals surface area contributed by atoms with Crippen molar-refractivity contribution in [3.05, 3.63) is 45.1 Å². The largest absolute Gasteiger partial charge is 0.439 e. The van der Waals surface area contributed by atoms with Gasteiger partial charge in [-0.2, -0.15) is 5.06 Å². The number of fused-ring (bicyclic) bond motifs is 2. The molecule has 12 heteroatoms. The highest BCUT2D eigenvalue weighted by Gasteiger charge is 2.28. The number of benzene rings is 1. The molecule has 34 heavy (non-hydrogen) atoms. The lowest BCUT2D eigenvalue weighted by Gasteiger charge is -2.15. The van der Waals surface area contributed by atoms with Crippen LogP contribution in [0.3, 0.4) is 0 Å². The Bertz CT molecular complexity index is 1510. The van der Waals surface area contributed by atoms with Gasteiger partial charge in [-0.25, -0.2) is 14.6 Å². The van der Waals surface area contributed by atoms with Crippen LogP contribution in [0.1, 0.15) is 13.8 Å². The lowest BCUT2D eigenvalue weighted by Crippen LogP contribution is -2.38. The number of hydrogen-bond acceptors (Lipinski definition) is 8. The summed E-state index contributed by atoms with van der Waals surface area (Å²) in [5.74, 6) is 0.205. The second kappa shape index (κ2) is 9.28. The third-order valence-corrected chi connectivity index (χ3v) is 7.11. The zero-order valence-electron chi connectivity index (χ0n) is 19.7. The quantitative estimate of drug-likeness (QED) is 0.293. The topological polar surface area (TPSA) is 101 Å². The molecule has 0 aliphatic heterocycles. The number of thiophene rings is 1. The Morgan fingerprint density at radius 3 is 2.62 bits per heavy atom. The number of carbonyl (C=O) groups is 1. The van der Waals surface area contributed by atoms with Crippen LogP contribution in [0.4, 0.5) is 4.79 Å². The van der Waals surface area contributed by atoms with Crippen LogP contribution in [0, 0.1) is 5.92 Å². The van der Waals surface area contributed by atoms with Crippen molar-refractivity contribution in [1.82, 2.24) is 23.7 Å². The van der Waals surface area contributed by atoms with Crippen LogP contribution in [0.25, 0.3) is 26.3 Å². The van der Waals surface area contributed by atoms with Crippen LogP contribution >= 0.6 is 23.1 Å². The van der Waals surface area contributed by atoms with Gasteiger partial charge in [0.1, 0.15) is 15.2 Å². The predicted molar refractivity (Wildman–Crippen MR) is 133 cm³/mol. The number of amides is 1. The normalized spacial score (nSPS) is 11.6. The van der Waals surface area contributed by atoms with Crippen molar-refractivity contribution in [3.8, 4) is 10.8 Å². The summed E-state index contributed by atoms with van der Waals surface area (Å²) >= 11 is 2.64. The highest BCUT2D eigenvalue weighted by atomic mass is 32.2. The van der Waals surface area contributed by atoms with Gasteiger partial charge in [0.2, 0.25) is 0 Å². The molecule has 0 atom stereocenters. The van der Waals surface area contributed by atoms with E-state index in [0.717, 1.165) is 20.7 Å². The molecule has 180 valence electrons. The van der Waals surface area contributed by atoms with E-state index in [9.17, 15) is 14.4 Å². The fraction of sp³-hybridized carbons (Fsp3) is 0.364. The van der Waals surface area contributed by atoms with Gasteiger partial charge in [-0.05, 0) is 24.3 Å². The Morgan fingerprint density at radius 1 is 1.26 bits per heavy atom. The number of imidazole rings is 1. The van der Waals surface area contributed by atoms with E-state index >= 15 is 0 Å². The van der Waals surface area contributed by atoms with Gasteiger partial charge in [-0.1, -0.05) is 49.1 Å². The second-order valence-corrected chi connectivity index (χ2v) is 9.79. The molecule has 0 fully saturated rings. The Balaban J connectivity index is 2.15. The van der Waals surface area contributed by atoms with Crippen molar-refractivity contribution in [2.24, 2.45) is 13.0 Å². The molecular formula is C22H25N5O5S2. The van der Waals surface area contributed by atoms with Crippen molar-refractivity contribution in [1.29, 1.82) is 0 Å². The summed E-state index contributed by atoms with van der Waals surface area (Å²) in [6.45, 7) is 4.37. The first-order valence-electron chi connectivity index (χ1n) is 10.5. The molecule has 0 saturated heterocycles. The maximum Gasteiger partial charge on any atom is 0.439 e. The van der Waals surface area contributed by atoms with Gasteiger partial charge >= 0.3 is 11.8 Å². The molecule has 0 aliphatic carbocycles. The van der Waals surface area contributed by atoms with Crippen molar-refractivity contribution in [2.45, 2.75) is 25.5 Å². The fourth-order valence-corrected chi connectivity index (χ4v) is 5.49. The van der Waals surface area contributed by atoms with E-state index in [1.807, 2.05) is 48.9 Å². The average Bonchev–Trinajstić information content (AvgIpc) is 3.37. The summed E-state index contributed by atoms with van der Waals surface area (Å²) in [6, 6.07) is 7.56. The first-order valence-corrected chi connectivity index (χ1v) is 12.5. The predicted octanol–water partition coefficient (Wildman–Crippen LogP) is 3.47. The maximum absolute atomic E-state index is 13.3. The third-order valence-electron chi connectivity index (χ3n) is 5.29. The molecule has 4 aromatic rings. The average molecular weight is 504 g/mol. The molecule has 0 radical (unpaired) electrons. The number of para-hydroxylation sites is 2. The summed E-state index contributed by atoms with van der Waals surface area (Å²) in [6.07, 6.45) is 1.09. The van der Waals surface area contributed by atoms with Gasteiger partial charge in [0.05, 0.1) is 18.1 Å². The summed E-state index contributed by atoms with van der Waals surface area (Å²) in [4.78, 5) is 49.2. The van der Waals surface area contributed by atoms with E-state index in [1.54, 1.807) is 4.57 Å². The zero-order chi connectivity index (χ0) is 24.7. The Labute approximate surface area is 203 Å². The molecule has 0 spiro atoms. The minimum absolute atomic E-state index is 0.0606. The molecule has 3 aromatic heterocycles. The standard InChI is InChI=1S/C22H25N5O5S2/c1-12(2)11-26-18-15(17(28)24(3)21(26)29)16(32-22(30)25(4)31-5)19(34-18)27-14-10-8-7-9-13(14)23-20(27)33-6/h7-10,12H,11H2,1-6H3. The fourth-order valence-electron chi connectivity index (χ4n) is 3.63. The van der Waals surface area contributed by atoms with Gasteiger partial charge in [0.15, 0.2) is 10.9 Å². The maximum atomic E-state index is 13.3. The van der Waals surface area contributed by atoms with Crippen molar-refractivity contribution in [3.63, 3.8) is 0 Å². The van der Waals surface area contributed by atoms with Crippen molar-refractivity contribution < 1.29 is 14.4 Å². The van der Waals surface area contributed by atoms with Crippen LogP contribution in [0.15, 0.2) is 39.0 Å². The van der Waals surface area contributed by atoms with Gasteiger partial charge in [-0.3, -0.25) is 23.3 Å². The van der Waals surface area contributed by atoms with Gasteiger partial charge < -0.3 is 4.74 Å². The monoisotopic (exact) mass is 503 g/mol. The number of ether oxygens (including phenoxy) is 1. The van der Waals surface area contributed by atoms with Crippen LogP contribution in [0.5, 0.6) is 5.75 Å². The number of aromatic nitrogens is 4. The molecule has 0 bridgehead atoms. The van der Waals surface area contributed by atoms with E-state index in [2.05, 4.69) is 4.98 Å². The molecule has 0 aliphatic rings. The number of rotatable bonds is 6. The van der Waals surface area contributed by atoms with Gasteiger partial charge in [0.25, 0.3) is 5.56 Å².